The molecule has 0 fully saturated rings. The van der Waals surface area contributed by atoms with Crippen LogP contribution in [0.1, 0.15) is 16.2 Å². The maximum Gasteiger partial charge on any atom is 0.110 e. The largest absolute Gasteiger partial charge is 0.375 e. The van der Waals surface area contributed by atoms with Gasteiger partial charge in [-0.05, 0) is 37.2 Å². The van der Waals surface area contributed by atoms with E-state index in [0.717, 1.165) is 30.9 Å². The van der Waals surface area contributed by atoms with Crippen molar-refractivity contribution >= 4 is 17.0 Å². The normalized spacial score (nSPS) is 10.2. The zero-order chi connectivity index (χ0) is 14.2. The molecule has 0 amide bonds. The van der Waals surface area contributed by atoms with Crippen molar-refractivity contribution in [2.24, 2.45) is 0 Å². The fourth-order valence-electron chi connectivity index (χ4n) is 2.00. The van der Waals surface area contributed by atoms with Crippen LogP contribution in [0.5, 0.6) is 0 Å². The van der Waals surface area contributed by atoms with Gasteiger partial charge in [0.15, 0.2) is 0 Å². The summed E-state index contributed by atoms with van der Waals surface area (Å²) in [5.41, 5.74) is 1.25. The van der Waals surface area contributed by atoms with E-state index in [1.165, 1.54) is 10.6 Å². The number of hydrogen-bond donors (Lipinski definition) is 1. The Balaban J connectivity index is 1.63. The molecule has 0 unspecified atom stereocenters. The van der Waals surface area contributed by atoms with Gasteiger partial charge in [0.2, 0.25) is 0 Å². The first-order chi connectivity index (χ1) is 9.79. The highest BCUT2D eigenvalue weighted by molar-refractivity contribution is 7.12. The molecule has 0 spiro atoms. The Hall–Kier alpha value is -1.83. The number of rotatable bonds is 7. The van der Waals surface area contributed by atoms with E-state index in [9.17, 15) is 0 Å². The van der Waals surface area contributed by atoms with Crippen molar-refractivity contribution in [1.82, 2.24) is 5.32 Å². The van der Waals surface area contributed by atoms with Crippen molar-refractivity contribution in [1.29, 1.82) is 5.26 Å². The second-order valence-corrected chi connectivity index (χ2v) is 5.83. The van der Waals surface area contributed by atoms with Gasteiger partial charge in [-0.2, -0.15) is 5.26 Å². The summed E-state index contributed by atoms with van der Waals surface area (Å²) in [4.78, 5) is 4.27. The lowest BCUT2D eigenvalue weighted by atomic mass is 10.3. The summed E-state index contributed by atoms with van der Waals surface area (Å²) in [6.07, 6.45) is 1.10. The van der Waals surface area contributed by atoms with E-state index in [0.29, 0.717) is 0 Å². The van der Waals surface area contributed by atoms with E-state index in [4.69, 9.17) is 5.26 Å². The van der Waals surface area contributed by atoms with E-state index >= 15 is 0 Å². The molecule has 4 heteroatoms. The van der Waals surface area contributed by atoms with Gasteiger partial charge in [-0.25, -0.2) is 0 Å². The summed E-state index contributed by atoms with van der Waals surface area (Å²) in [6.45, 7) is 2.86. The van der Waals surface area contributed by atoms with Gasteiger partial charge in [0.25, 0.3) is 0 Å². The molecule has 2 aromatic rings. The van der Waals surface area contributed by atoms with Gasteiger partial charge in [0.05, 0.1) is 0 Å². The first-order valence-corrected chi connectivity index (χ1v) is 7.57. The molecule has 104 valence electrons. The Labute approximate surface area is 124 Å². The van der Waals surface area contributed by atoms with Crippen LogP contribution in [0.4, 0.5) is 5.69 Å². The first-order valence-electron chi connectivity index (χ1n) is 6.75. The van der Waals surface area contributed by atoms with Crippen molar-refractivity contribution in [2.45, 2.75) is 13.0 Å². The Morgan fingerprint density at radius 3 is 2.70 bits per heavy atom. The van der Waals surface area contributed by atoms with Gasteiger partial charge < -0.3 is 10.2 Å². The minimum Gasteiger partial charge on any atom is -0.375 e. The second kappa shape index (κ2) is 7.68. The van der Waals surface area contributed by atoms with Gasteiger partial charge in [-0.1, -0.05) is 18.2 Å². The Bertz CT molecular complexity index is 557. The molecule has 0 radical (unpaired) electrons. The van der Waals surface area contributed by atoms with E-state index in [1.54, 1.807) is 11.3 Å². The van der Waals surface area contributed by atoms with Crippen molar-refractivity contribution in [2.75, 3.05) is 25.0 Å². The molecular formula is C16H19N3S. The number of benzene rings is 1. The molecule has 20 heavy (non-hydrogen) atoms. The number of nitrogens with zero attached hydrogens (tertiary/aromatic N) is 2. The number of thiophene rings is 1. The highest BCUT2D eigenvalue weighted by Gasteiger charge is 2.00. The maximum absolute atomic E-state index is 8.76. The minimum absolute atomic E-state index is 0.783. The smallest absolute Gasteiger partial charge is 0.110 e. The van der Waals surface area contributed by atoms with Gasteiger partial charge in [0.1, 0.15) is 10.9 Å². The summed E-state index contributed by atoms with van der Waals surface area (Å²) in [7, 11) is 2.12. The number of hydrogen-bond acceptors (Lipinski definition) is 4. The van der Waals surface area contributed by atoms with Crippen LogP contribution in [-0.4, -0.2) is 20.1 Å². The summed E-state index contributed by atoms with van der Waals surface area (Å²) in [5.74, 6) is 0. The van der Waals surface area contributed by atoms with E-state index in [1.807, 2.05) is 18.2 Å². The van der Waals surface area contributed by atoms with Crippen LogP contribution >= 0.6 is 11.3 Å². The fraction of sp³-hybridized carbons (Fsp3) is 0.312. The lowest BCUT2D eigenvalue weighted by Crippen LogP contribution is -2.23. The third kappa shape index (κ3) is 4.37. The van der Waals surface area contributed by atoms with E-state index < -0.39 is 0 Å². The van der Waals surface area contributed by atoms with Crippen LogP contribution in [0.2, 0.25) is 0 Å². The predicted molar refractivity (Wildman–Crippen MR) is 85.1 cm³/mol. The first kappa shape index (κ1) is 14.6. The van der Waals surface area contributed by atoms with Crippen LogP contribution in [0.25, 0.3) is 0 Å². The Kier molecular flexibility index (Phi) is 5.60. The summed E-state index contributed by atoms with van der Waals surface area (Å²) < 4.78 is 0. The fourth-order valence-corrected chi connectivity index (χ4v) is 2.77. The molecule has 1 heterocycles. The van der Waals surface area contributed by atoms with Crippen molar-refractivity contribution < 1.29 is 0 Å². The van der Waals surface area contributed by atoms with E-state index in [-0.39, 0.29) is 0 Å². The van der Waals surface area contributed by atoms with Crippen LogP contribution in [-0.2, 0) is 6.54 Å². The number of nitriles is 1. The number of anilines is 1. The Morgan fingerprint density at radius 2 is 2.00 bits per heavy atom. The molecule has 0 atom stereocenters. The van der Waals surface area contributed by atoms with E-state index in [2.05, 4.69) is 47.6 Å². The summed E-state index contributed by atoms with van der Waals surface area (Å²) in [6, 6.07) is 16.5. The molecule has 0 aliphatic carbocycles. The maximum atomic E-state index is 8.76. The molecule has 0 aliphatic heterocycles. The molecule has 0 aliphatic rings. The standard InChI is InChI=1S/C16H19N3S/c1-19(14-6-3-2-4-7-14)11-5-10-18-13-16-9-8-15(12-17)20-16/h2-4,6-9,18H,5,10-11,13H2,1H3. The zero-order valence-electron chi connectivity index (χ0n) is 11.7. The average molecular weight is 285 g/mol. The van der Waals surface area contributed by atoms with Gasteiger partial charge in [-0.15, -0.1) is 11.3 Å². The third-order valence-corrected chi connectivity index (χ3v) is 4.11. The SMILES string of the molecule is CN(CCCNCc1ccc(C#N)s1)c1ccccc1. The third-order valence-electron chi connectivity index (χ3n) is 3.12. The molecular weight excluding hydrogens is 266 g/mol. The molecule has 0 saturated carbocycles. The average Bonchev–Trinajstić information content (AvgIpc) is 2.95. The second-order valence-electron chi connectivity index (χ2n) is 4.67. The lowest BCUT2D eigenvalue weighted by Gasteiger charge is -2.19. The van der Waals surface area contributed by atoms with Crippen molar-refractivity contribution in [3.8, 4) is 6.07 Å². The summed E-state index contributed by atoms with van der Waals surface area (Å²) in [5, 5.41) is 12.2. The number of para-hydroxylation sites is 1. The Morgan fingerprint density at radius 1 is 1.20 bits per heavy atom. The van der Waals surface area contributed by atoms with Crippen molar-refractivity contribution in [3.63, 3.8) is 0 Å². The van der Waals surface area contributed by atoms with Gasteiger partial charge >= 0.3 is 0 Å². The van der Waals surface area contributed by atoms with Crippen LogP contribution in [0.15, 0.2) is 42.5 Å². The van der Waals surface area contributed by atoms with Crippen molar-refractivity contribution in [3.05, 3.63) is 52.2 Å². The quantitative estimate of drug-likeness (QED) is 0.794. The minimum atomic E-state index is 0.783. The molecule has 1 aromatic heterocycles. The molecule has 0 saturated heterocycles. The zero-order valence-corrected chi connectivity index (χ0v) is 12.5. The molecule has 3 nitrogen and oxygen atoms in total. The molecule has 0 bridgehead atoms. The molecule has 1 aromatic carbocycles. The van der Waals surface area contributed by atoms with Crippen LogP contribution in [0.3, 0.4) is 0 Å². The van der Waals surface area contributed by atoms with Crippen LogP contribution in [0, 0.1) is 11.3 Å². The highest BCUT2D eigenvalue weighted by Crippen LogP contribution is 2.14. The number of nitrogens with one attached hydrogen (secondary N) is 1. The highest BCUT2D eigenvalue weighted by atomic mass is 32.1. The molecule has 2 rings (SSSR count). The van der Waals surface area contributed by atoms with Gasteiger partial charge in [0, 0.05) is 30.7 Å². The summed E-state index contributed by atoms with van der Waals surface area (Å²) >= 11 is 1.56. The monoisotopic (exact) mass is 285 g/mol. The van der Waals surface area contributed by atoms with Crippen LogP contribution < -0.4 is 10.2 Å². The lowest BCUT2D eigenvalue weighted by molar-refractivity contribution is 0.650. The molecule has 1 N–H and O–H groups in total. The predicted octanol–water partition coefficient (Wildman–Crippen LogP) is 3.24. The van der Waals surface area contributed by atoms with Gasteiger partial charge in [-0.3, -0.25) is 0 Å². The topological polar surface area (TPSA) is 39.1 Å².